The maximum atomic E-state index is 13.6. The number of hydrogen-bond donors (Lipinski definition) is 2. The molecular formula is C30H37BN4O6. The van der Waals surface area contributed by atoms with Crippen LogP contribution in [0, 0.1) is 5.92 Å². The summed E-state index contributed by atoms with van der Waals surface area (Å²) in [5.74, 6) is -0.639. The number of hydrogen-bond acceptors (Lipinski definition) is 7. The Balaban J connectivity index is 1.56. The highest BCUT2D eigenvalue weighted by atomic mass is 16.7. The minimum atomic E-state index is -0.808. The molecule has 1 saturated heterocycles. The zero-order valence-electron chi connectivity index (χ0n) is 24.3. The zero-order chi connectivity index (χ0) is 29.8. The van der Waals surface area contributed by atoms with Crippen molar-refractivity contribution < 1.29 is 23.6 Å². The number of rotatable bonds is 9. The summed E-state index contributed by atoms with van der Waals surface area (Å²) in [6, 6.07) is 18.2. The number of nitrogens with zero attached hydrogens (tertiary/aromatic N) is 2. The van der Waals surface area contributed by atoms with E-state index in [1.807, 2.05) is 90.1 Å². The molecule has 10 nitrogen and oxygen atoms in total. The molecule has 0 saturated carbocycles. The predicted octanol–water partition coefficient (Wildman–Crippen LogP) is 4.43. The van der Waals surface area contributed by atoms with Gasteiger partial charge >= 0.3 is 13.2 Å². The largest absolute Gasteiger partial charge is 0.482 e. The van der Waals surface area contributed by atoms with Crippen LogP contribution in [0.25, 0.3) is 11.4 Å². The summed E-state index contributed by atoms with van der Waals surface area (Å²) in [7, 11) is -0.667. The van der Waals surface area contributed by atoms with Gasteiger partial charge in [-0.05, 0) is 39.2 Å². The quantitative estimate of drug-likeness (QED) is 0.372. The van der Waals surface area contributed by atoms with Gasteiger partial charge in [-0.25, -0.2) is 9.78 Å². The van der Waals surface area contributed by atoms with E-state index in [9.17, 15) is 14.4 Å². The fraction of sp³-hybridized carbons (Fsp3) is 0.400. The molecule has 3 aromatic rings. The maximum Gasteiger partial charge on any atom is 0.482 e. The molecule has 0 bridgehead atoms. The number of carbonyl (C=O) groups excluding carboxylic acids is 2. The van der Waals surface area contributed by atoms with Crippen LogP contribution in [0.3, 0.4) is 0 Å². The third kappa shape index (κ3) is 7.04. The number of ether oxygens (including phenoxy) is 1. The molecule has 0 aliphatic carbocycles. The minimum Gasteiger partial charge on any atom is -0.444 e. The smallest absolute Gasteiger partial charge is 0.444 e. The van der Waals surface area contributed by atoms with E-state index in [-0.39, 0.29) is 30.6 Å². The second kappa shape index (κ2) is 12.3. The van der Waals surface area contributed by atoms with E-state index in [0.717, 1.165) is 5.56 Å². The summed E-state index contributed by atoms with van der Waals surface area (Å²) in [6.07, 6.45) is 0.460. The SMILES string of the molecule is CC(C)C(NC(=O)Cn1c(-c2ccccc2)ncc(NC(=O)OCc2ccccc2)c1=O)B1OC(C)(C)C(C)(C)O1. The van der Waals surface area contributed by atoms with Crippen molar-refractivity contribution in [2.45, 2.75) is 71.8 Å². The van der Waals surface area contributed by atoms with Crippen molar-refractivity contribution in [3.63, 3.8) is 0 Å². The first kappa shape index (κ1) is 30.0. The van der Waals surface area contributed by atoms with E-state index in [1.54, 1.807) is 12.1 Å². The monoisotopic (exact) mass is 560 g/mol. The van der Waals surface area contributed by atoms with Crippen molar-refractivity contribution in [2.75, 3.05) is 5.32 Å². The van der Waals surface area contributed by atoms with Crippen LogP contribution in [0.15, 0.2) is 71.7 Å². The molecule has 0 radical (unpaired) electrons. The zero-order valence-corrected chi connectivity index (χ0v) is 24.3. The molecule has 1 aliphatic rings. The van der Waals surface area contributed by atoms with Gasteiger partial charge in [0.25, 0.3) is 5.56 Å². The van der Waals surface area contributed by atoms with E-state index in [4.69, 9.17) is 14.0 Å². The summed E-state index contributed by atoms with van der Waals surface area (Å²) in [4.78, 5) is 43.9. The van der Waals surface area contributed by atoms with Gasteiger partial charge in [-0.2, -0.15) is 0 Å². The van der Waals surface area contributed by atoms with Crippen LogP contribution < -0.4 is 16.2 Å². The lowest BCUT2D eigenvalue weighted by Crippen LogP contribution is -2.52. The van der Waals surface area contributed by atoms with Crippen molar-refractivity contribution >= 4 is 24.8 Å². The summed E-state index contributed by atoms with van der Waals surface area (Å²) < 4.78 is 18.9. The van der Waals surface area contributed by atoms with Crippen LogP contribution in [-0.2, 0) is 32.0 Å². The first-order valence-corrected chi connectivity index (χ1v) is 13.7. The third-order valence-electron chi connectivity index (χ3n) is 7.44. The van der Waals surface area contributed by atoms with Gasteiger partial charge < -0.3 is 19.4 Å². The van der Waals surface area contributed by atoms with Gasteiger partial charge in [-0.1, -0.05) is 74.5 Å². The Morgan fingerprint density at radius 2 is 1.56 bits per heavy atom. The molecule has 1 atom stereocenters. The van der Waals surface area contributed by atoms with Crippen LogP contribution in [0.5, 0.6) is 0 Å². The predicted molar refractivity (Wildman–Crippen MR) is 157 cm³/mol. The molecule has 1 aliphatic heterocycles. The standard InChI is InChI=1S/C30H37BN4O6/c1-20(2)25(31-40-29(3,4)30(5,6)41-31)34-24(36)18-35-26(22-15-11-8-12-16-22)32-17-23(27(35)37)33-28(38)39-19-21-13-9-7-10-14-21/h7-17,20,25H,18-19H2,1-6H3,(H,33,38)(H,34,36). The molecular weight excluding hydrogens is 523 g/mol. The Labute approximate surface area is 240 Å². The summed E-state index contributed by atoms with van der Waals surface area (Å²) >= 11 is 0. The lowest BCUT2D eigenvalue weighted by molar-refractivity contribution is -0.122. The van der Waals surface area contributed by atoms with Gasteiger partial charge in [0.2, 0.25) is 5.91 Å². The molecule has 216 valence electrons. The normalized spacial score (nSPS) is 16.3. The van der Waals surface area contributed by atoms with E-state index < -0.39 is 41.8 Å². The topological polar surface area (TPSA) is 121 Å². The molecule has 2 aromatic carbocycles. The van der Waals surface area contributed by atoms with Gasteiger partial charge in [0, 0.05) is 5.56 Å². The number of aromatic nitrogens is 2. The summed E-state index contributed by atoms with van der Waals surface area (Å²) in [5.41, 5.74) is -0.389. The Morgan fingerprint density at radius 1 is 0.976 bits per heavy atom. The van der Waals surface area contributed by atoms with Crippen molar-refractivity contribution in [2.24, 2.45) is 5.92 Å². The minimum absolute atomic E-state index is 0.0236. The van der Waals surface area contributed by atoms with Crippen molar-refractivity contribution in [1.82, 2.24) is 14.9 Å². The first-order chi connectivity index (χ1) is 19.4. The van der Waals surface area contributed by atoms with Crippen LogP contribution in [0.2, 0.25) is 0 Å². The number of anilines is 1. The molecule has 2 heterocycles. The fourth-order valence-electron chi connectivity index (χ4n) is 4.37. The van der Waals surface area contributed by atoms with Crippen LogP contribution in [0.1, 0.15) is 47.1 Å². The Bertz CT molecular complexity index is 1410. The van der Waals surface area contributed by atoms with Crippen LogP contribution in [0.4, 0.5) is 10.5 Å². The number of amides is 2. The van der Waals surface area contributed by atoms with Crippen molar-refractivity contribution in [3.05, 3.63) is 82.8 Å². The van der Waals surface area contributed by atoms with E-state index in [1.165, 1.54) is 10.8 Å². The highest BCUT2D eigenvalue weighted by molar-refractivity contribution is 6.48. The van der Waals surface area contributed by atoms with Gasteiger partial charge in [0.1, 0.15) is 24.7 Å². The van der Waals surface area contributed by atoms with E-state index in [2.05, 4.69) is 15.6 Å². The molecule has 41 heavy (non-hydrogen) atoms. The van der Waals surface area contributed by atoms with Gasteiger partial charge in [0.15, 0.2) is 0 Å². The third-order valence-corrected chi connectivity index (χ3v) is 7.44. The molecule has 2 N–H and O–H groups in total. The molecule has 4 rings (SSSR count). The molecule has 2 amide bonds. The van der Waals surface area contributed by atoms with Crippen molar-refractivity contribution in [3.8, 4) is 11.4 Å². The summed E-state index contributed by atoms with van der Waals surface area (Å²) in [6.45, 7) is 11.4. The maximum absolute atomic E-state index is 13.6. The molecule has 1 unspecified atom stereocenters. The highest BCUT2D eigenvalue weighted by Crippen LogP contribution is 2.38. The molecule has 0 spiro atoms. The van der Waals surface area contributed by atoms with E-state index >= 15 is 0 Å². The van der Waals surface area contributed by atoms with Crippen LogP contribution >= 0.6 is 0 Å². The molecule has 1 fully saturated rings. The average Bonchev–Trinajstić information content (AvgIpc) is 3.15. The second-order valence-corrected chi connectivity index (χ2v) is 11.4. The highest BCUT2D eigenvalue weighted by Gasteiger charge is 2.54. The number of carbonyl (C=O) groups is 2. The Morgan fingerprint density at radius 3 is 2.15 bits per heavy atom. The average molecular weight is 560 g/mol. The molecule has 11 heteroatoms. The molecule has 1 aromatic heterocycles. The van der Waals surface area contributed by atoms with Crippen LogP contribution in [-0.4, -0.2) is 45.8 Å². The fourth-order valence-corrected chi connectivity index (χ4v) is 4.37. The van der Waals surface area contributed by atoms with Gasteiger partial charge in [-0.3, -0.25) is 19.5 Å². The van der Waals surface area contributed by atoms with Gasteiger partial charge in [0.05, 0.1) is 23.3 Å². The second-order valence-electron chi connectivity index (χ2n) is 11.4. The Kier molecular flexibility index (Phi) is 8.99. The summed E-state index contributed by atoms with van der Waals surface area (Å²) in [5, 5.41) is 5.46. The lowest BCUT2D eigenvalue weighted by Gasteiger charge is -2.32. The Hall–Kier alpha value is -3.96. The first-order valence-electron chi connectivity index (χ1n) is 13.7. The number of nitrogens with one attached hydrogen (secondary N) is 2. The van der Waals surface area contributed by atoms with Crippen molar-refractivity contribution in [1.29, 1.82) is 0 Å². The van der Waals surface area contributed by atoms with Gasteiger partial charge in [-0.15, -0.1) is 0 Å². The number of benzene rings is 2. The lowest BCUT2D eigenvalue weighted by atomic mass is 9.72. The van der Waals surface area contributed by atoms with E-state index in [0.29, 0.717) is 5.56 Å².